The third-order valence-corrected chi connectivity index (χ3v) is 1.09. The molecule has 0 saturated heterocycles. The molecule has 0 N–H and O–H groups in total. The quantitative estimate of drug-likeness (QED) is 0.285. The number of aldehydes is 1. The SMILES string of the molecule is CC(C)COC(=O)C(C#N)C=O.[K]. The fraction of sp³-hybridized carbons (Fsp3) is 0.625. The molecule has 5 heteroatoms. The van der Waals surface area contributed by atoms with Crippen LogP contribution in [0.3, 0.4) is 0 Å². The maximum Gasteiger partial charge on any atom is 0.330 e. The van der Waals surface area contributed by atoms with Crippen molar-refractivity contribution in [1.82, 2.24) is 0 Å². The van der Waals surface area contributed by atoms with Crippen molar-refractivity contribution in [3.63, 3.8) is 0 Å². The third-order valence-electron chi connectivity index (χ3n) is 1.09. The monoisotopic (exact) mass is 208 g/mol. The summed E-state index contributed by atoms with van der Waals surface area (Å²) in [7, 11) is 0. The smallest absolute Gasteiger partial charge is 0.330 e. The summed E-state index contributed by atoms with van der Waals surface area (Å²) in [6.45, 7) is 3.98. The zero-order chi connectivity index (χ0) is 9.56. The number of hydrogen-bond donors (Lipinski definition) is 0. The summed E-state index contributed by atoms with van der Waals surface area (Å²) in [4.78, 5) is 20.9. The van der Waals surface area contributed by atoms with E-state index in [1.54, 1.807) is 0 Å². The molecule has 0 amide bonds. The Labute approximate surface area is 120 Å². The van der Waals surface area contributed by atoms with Crippen molar-refractivity contribution in [3.8, 4) is 6.07 Å². The van der Waals surface area contributed by atoms with Gasteiger partial charge in [-0.05, 0) is 5.92 Å². The van der Waals surface area contributed by atoms with Gasteiger partial charge in [-0.15, -0.1) is 0 Å². The molecular formula is C8H11KNO3. The van der Waals surface area contributed by atoms with Crippen molar-refractivity contribution in [2.24, 2.45) is 11.8 Å². The molecule has 0 aromatic carbocycles. The van der Waals surface area contributed by atoms with Crippen LogP contribution >= 0.6 is 0 Å². The molecular weight excluding hydrogens is 197 g/mol. The fourth-order valence-corrected chi connectivity index (χ4v) is 0.477. The van der Waals surface area contributed by atoms with Crippen LogP contribution in [0, 0.1) is 23.2 Å². The van der Waals surface area contributed by atoms with Crippen molar-refractivity contribution in [2.45, 2.75) is 13.8 Å². The average Bonchev–Trinajstić information content (AvgIpc) is 2.03. The van der Waals surface area contributed by atoms with Gasteiger partial charge in [-0.1, -0.05) is 13.8 Å². The van der Waals surface area contributed by atoms with Crippen LogP contribution < -0.4 is 0 Å². The summed E-state index contributed by atoms with van der Waals surface area (Å²) in [5, 5.41) is 8.28. The van der Waals surface area contributed by atoms with E-state index in [1.807, 2.05) is 13.8 Å². The maximum absolute atomic E-state index is 10.8. The van der Waals surface area contributed by atoms with Crippen molar-refractivity contribution in [3.05, 3.63) is 0 Å². The Hall–Kier alpha value is 0.266. The van der Waals surface area contributed by atoms with Crippen molar-refractivity contribution in [1.29, 1.82) is 5.26 Å². The summed E-state index contributed by atoms with van der Waals surface area (Å²) >= 11 is 0. The zero-order valence-electron chi connectivity index (χ0n) is 8.11. The first-order chi connectivity index (χ1) is 5.61. The summed E-state index contributed by atoms with van der Waals surface area (Å²) < 4.78 is 4.65. The van der Waals surface area contributed by atoms with E-state index in [4.69, 9.17) is 5.26 Å². The second kappa shape index (κ2) is 8.85. The molecule has 0 heterocycles. The van der Waals surface area contributed by atoms with E-state index in [2.05, 4.69) is 4.74 Å². The first-order valence-corrected chi connectivity index (χ1v) is 3.63. The molecule has 0 saturated carbocycles. The summed E-state index contributed by atoms with van der Waals surface area (Å²) in [5.74, 6) is -1.83. The second-order valence-electron chi connectivity index (χ2n) is 2.77. The predicted octanol–water partition coefficient (Wildman–Crippen LogP) is 0.143. The minimum Gasteiger partial charge on any atom is -0.464 e. The minimum absolute atomic E-state index is 0. The normalized spacial score (nSPS) is 10.9. The van der Waals surface area contributed by atoms with Crippen molar-refractivity contribution >= 4 is 63.6 Å². The Morgan fingerprint density at radius 2 is 2.15 bits per heavy atom. The second-order valence-corrected chi connectivity index (χ2v) is 2.77. The third kappa shape index (κ3) is 7.35. The number of carbonyl (C=O) groups excluding carboxylic acids is 2. The molecule has 0 spiro atoms. The Morgan fingerprint density at radius 1 is 1.62 bits per heavy atom. The number of nitrogens with zero attached hydrogens (tertiary/aromatic N) is 1. The van der Waals surface area contributed by atoms with E-state index in [0.29, 0.717) is 0 Å². The number of ether oxygens (including phenoxy) is 1. The minimum atomic E-state index is -1.27. The summed E-state index contributed by atoms with van der Waals surface area (Å²) in [6.07, 6.45) is 0.280. The van der Waals surface area contributed by atoms with Gasteiger partial charge in [0.15, 0.2) is 5.92 Å². The molecule has 0 aromatic heterocycles. The summed E-state index contributed by atoms with van der Waals surface area (Å²) in [6, 6.07) is 1.53. The van der Waals surface area contributed by atoms with Gasteiger partial charge in [0.1, 0.15) is 6.29 Å². The van der Waals surface area contributed by atoms with E-state index in [1.165, 1.54) is 6.07 Å². The number of rotatable bonds is 4. The first kappa shape index (κ1) is 15.7. The Bertz CT molecular complexity index is 210. The molecule has 1 radical (unpaired) electrons. The molecule has 13 heavy (non-hydrogen) atoms. The number of esters is 1. The fourth-order valence-electron chi connectivity index (χ4n) is 0.477. The van der Waals surface area contributed by atoms with Gasteiger partial charge in [0.05, 0.1) is 12.7 Å². The molecule has 0 aromatic rings. The van der Waals surface area contributed by atoms with Gasteiger partial charge < -0.3 is 9.53 Å². The molecule has 4 nitrogen and oxygen atoms in total. The largest absolute Gasteiger partial charge is 0.464 e. The summed E-state index contributed by atoms with van der Waals surface area (Å²) in [5.41, 5.74) is 0. The Morgan fingerprint density at radius 3 is 2.46 bits per heavy atom. The van der Waals surface area contributed by atoms with Gasteiger partial charge in [0.2, 0.25) is 0 Å². The maximum atomic E-state index is 10.8. The van der Waals surface area contributed by atoms with Crippen LogP contribution in [0.1, 0.15) is 13.8 Å². The Balaban J connectivity index is 0. The van der Waals surface area contributed by atoms with Crippen LogP contribution in [0.4, 0.5) is 0 Å². The van der Waals surface area contributed by atoms with Crippen LogP contribution in [0.15, 0.2) is 0 Å². The van der Waals surface area contributed by atoms with Crippen LogP contribution in [-0.4, -0.2) is 70.2 Å². The van der Waals surface area contributed by atoms with Gasteiger partial charge in [-0.25, -0.2) is 0 Å². The van der Waals surface area contributed by atoms with E-state index in [-0.39, 0.29) is 70.2 Å². The average molecular weight is 208 g/mol. The molecule has 0 aliphatic heterocycles. The van der Waals surface area contributed by atoms with Gasteiger partial charge >= 0.3 is 5.97 Å². The molecule has 0 bridgehead atoms. The van der Waals surface area contributed by atoms with E-state index >= 15 is 0 Å². The van der Waals surface area contributed by atoms with Crippen LogP contribution in [-0.2, 0) is 14.3 Å². The molecule has 0 aliphatic carbocycles. The molecule has 1 unspecified atom stereocenters. The molecule has 0 rings (SSSR count). The van der Waals surface area contributed by atoms with Crippen molar-refractivity contribution < 1.29 is 14.3 Å². The number of carbonyl (C=O) groups is 2. The van der Waals surface area contributed by atoms with Gasteiger partial charge in [-0.2, -0.15) is 5.26 Å². The van der Waals surface area contributed by atoms with Crippen LogP contribution in [0.2, 0.25) is 0 Å². The number of hydrogen-bond acceptors (Lipinski definition) is 4. The van der Waals surface area contributed by atoms with E-state index in [0.717, 1.165) is 0 Å². The van der Waals surface area contributed by atoms with Gasteiger partial charge in [0, 0.05) is 51.4 Å². The molecule has 0 fully saturated rings. The molecule has 1 atom stereocenters. The predicted molar refractivity (Wildman–Crippen MR) is 46.7 cm³/mol. The molecule has 67 valence electrons. The Kier molecular flexibility index (Phi) is 10.7. The van der Waals surface area contributed by atoms with E-state index in [9.17, 15) is 9.59 Å². The number of nitriles is 1. The topological polar surface area (TPSA) is 67.2 Å². The van der Waals surface area contributed by atoms with Gasteiger partial charge in [-0.3, -0.25) is 4.79 Å². The van der Waals surface area contributed by atoms with E-state index < -0.39 is 11.9 Å². The zero-order valence-corrected chi connectivity index (χ0v) is 11.2. The van der Waals surface area contributed by atoms with Crippen LogP contribution in [0.5, 0.6) is 0 Å². The molecule has 0 aliphatic rings. The van der Waals surface area contributed by atoms with Crippen molar-refractivity contribution in [2.75, 3.05) is 6.61 Å². The standard InChI is InChI=1S/C8H11NO3.K/c1-6(2)5-12-8(11)7(3-9)4-10;/h4,6-7H,5H2,1-2H3;. The first-order valence-electron chi connectivity index (χ1n) is 3.63. The van der Waals surface area contributed by atoms with Crippen LogP contribution in [0.25, 0.3) is 0 Å². The van der Waals surface area contributed by atoms with Gasteiger partial charge in [0.25, 0.3) is 0 Å².